The van der Waals surface area contributed by atoms with Crippen LogP contribution in [-0.4, -0.2) is 10.2 Å². The van der Waals surface area contributed by atoms with Crippen molar-refractivity contribution >= 4 is 21.6 Å². The van der Waals surface area contributed by atoms with Crippen LogP contribution in [0.5, 0.6) is 0 Å². The lowest BCUT2D eigenvalue weighted by molar-refractivity contribution is 0.514. The van der Waals surface area contributed by atoms with Crippen LogP contribution in [0, 0.1) is 5.82 Å². The molecule has 0 bridgehead atoms. The van der Waals surface area contributed by atoms with Crippen LogP contribution in [0.15, 0.2) is 57.4 Å². The van der Waals surface area contributed by atoms with Gasteiger partial charge in [-0.25, -0.2) is 4.39 Å². The number of aromatic nitrogens is 2. The Morgan fingerprint density at radius 3 is 2.62 bits per heavy atom. The summed E-state index contributed by atoms with van der Waals surface area (Å²) >= 11 is 3.29. The van der Waals surface area contributed by atoms with E-state index in [1.807, 2.05) is 30.3 Å². The minimum Gasteiger partial charge on any atom is -0.419 e. The molecule has 21 heavy (non-hydrogen) atoms. The highest BCUT2D eigenvalue weighted by Gasteiger charge is 2.10. The molecule has 3 aromatic rings. The molecule has 6 heteroatoms. The van der Waals surface area contributed by atoms with E-state index in [0.29, 0.717) is 21.9 Å². The Morgan fingerprint density at radius 1 is 1.05 bits per heavy atom. The molecule has 0 radical (unpaired) electrons. The van der Waals surface area contributed by atoms with Gasteiger partial charge >= 0.3 is 0 Å². The van der Waals surface area contributed by atoms with E-state index in [2.05, 4.69) is 31.4 Å². The summed E-state index contributed by atoms with van der Waals surface area (Å²) in [5.41, 5.74) is 1.22. The summed E-state index contributed by atoms with van der Waals surface area (Å²) in [6.07, 6.45) is 0. The molecular formula is C15H11BrFN3O. The number of hydrogen-bond donors (Lipinski definition) is 1. The monoisotopic (exact) mass is 347 g/mol. The van der Waals surface area contributed by atoms with Gasteiger partial charge in [-0.15, -0.1) is 10.2 Å². The van der Waals surface area contributed by atoms with Crippen molar-refractivity contribution in [3.8, 4) is 11.5 Å². The zero-order valence-corrected chi connectivity index (χ0v) is 12.5. The fraction of sp³-hybridized carbons (Fsp3) is 0.0667. The number of benzene rings is 2. The minimum absolute atomic E-state index is 0.249. The predicted octanol–water partition coefficient (Wildman–Crippen LogP) is 4.25. The molecule has 1 aromatic heterocycles. The average Bonchev–Trinajstić information content (AvgIpc) is 2.97. The second-order valence-electron chi connectivity index (χ2n) is 4.32. The van der Waals surface area contributed by atoms with Crippen molar-refractivity contribution < 1.29 is 8.81 Å². The number of rotatable bonds is 4. The van der Waals surface area contributed by atoms with Gasteiger partial charge in [0.25, 0.3) is 0 Å². The van der Waals surface area contributed by atoms with Gasteiger partial charge in [0.2, 0.25) is 11.8 Å². The summed E-state index contributed by atoms with van der Waals surface area (Å²) in [5.74, 6) is 0.496. The van der Waals surface area contributed by atoms with E-state index in [9.17, 15) is 4.39 Å². The highest BCUT2D eigenvalue weighted by Crippen LogP contribution is 2.26. The van der Waals surface area contributed by atoms with E-state index in [4.69, 9.17) is 4.42 Å². The van der Waals surface area contributed by atoms with Gasteiger partial charge in [0.1, 0.15) is 5.82 Å². The van der Waals surface area contributed by atoms with E-state index < -0.39 is 0 Å². The van der Waals surface area contributed by atoms with Gasteiger partial charge < -0.3 is 9.73 Å². The predicted molar refractivity (Wildman–Crippen MR) is 81.2 cm³/mol. The number of nitrogens with one attached hydrogen (secondary N) is 1. The molecule has 0 aliphatic rings. The summed E-state index contributed by atoms with van der Waals surface area (Å²) < 4.78 is 19.9. The molecule has 1 N–H and O–H groups in total. The van der Waals surface area contributed by atoms with Crippen molar-refractivity contribution in [1.82, 2.24) is 10.2 Å². The third kappa shape index (κ3) is 3.11. The Bertz CT molecular complexity index is 725. The fourth-order valence-corrected chi connectivity index (χ4v) is 2.34. The first-order chi connectivity index (χ1) is 10.2. The summed E-state index contributed by atoms with van der Waals surface area (Å²) in [6, 6.07) is 14.3. The van der Waals surface area contributed by atoms with E-state index in [-0.39, 0.29) is 12.4 Å². The molecule has 0 saturated heterocycles. The van der Waals surface area contributed by atoms with Gasteiger partial charge in [-0.1, -0.05) is 24.3 Å². The van der Waals surface area contributed by atoms with Gasteiger partial charge in [-0.2, -0.15) is 0 Å². The standard InChI is InChI=1S/C15H11BrFN3O/c16-11-7-4-8-12(17)14(11)18-9-13-19-20-15(21-13)10-5-2-1-3-6-10/h1-8,18H,9H2. The van der Waals surface area contributed by atoms with Gasteiger partial charge in [-0.3, -0.25) is 0 Å². The van der Waals surface area contributed by atoms with E-state index in [1.165, 1.54) is 6.07 Å². The second-order valence-corrected chi connectivity index (χ2v) is 5.17. The first-order valence-corrected chi connectivity index (χ1v) is 7.09. The van der Waals surface area contributed by atoms with Crippen LogP contribution in [0.25, 0.3) is 11.5 Å². The molecule has 4 nitrogen and oxygen atoms in total. The number of para-hydroxylation sites is 1. The molecular weight excluding hydrogens is 337 g/mol. The summed E-state index contributed by atoms with van der Waals surface area (Å²) in [5, 5.41) is 10.9. The molecule has 0 amide bonds. The molecule has 0 fully saturated rings. The number of nitrogens with zero attached hydrogens (tertiary/aromatic N) is 2. The maximum absolute atomic E-state index is 13.7. The Kier molecular flexibility index (Phi) is 3.96. The highest BCUT2D eigenvalue weighted by molar-refractivity contribution is 9.10. The lowest BCUT2D eigenvalue weighted by Crippen LogP contribution is -2.02. The highest BCUT2D eigenvalue weighted by atomic mass is 79.9. The van der Waals surface area contributed by atoms with Gasteiger partial charge in [-0.05, 0) is 40.2 Å². The van der Waals surface area contributed by atoms with E-state index in [1.54, 1.807) is 12.1 Å². The molecule has 2 aromatic carbocycles. The molecule has 0 spiro atoms. The first-order valence-electron chi connectivity index (χ1n) is 6.30. The van der Waals surface area contributed by atoms with Crippen molar-refractivity contribution in [1.29, 1.82) is 0 Å². The van der Waals surface area contributed by atoms with Crippen LogP contribution in [-0.2, 0) is 6.54 Å². The molecule has 0 atom stereocenters. The first kappa shape index (κ1) is 13.8. The third-order valence-corrected chi connectivity index (χ3v) is 3.53. The van der Waals surface area contributed by atoms with E-state index in [0.717, 1.165) is 5.56 Å². The second kappa shape index (κ2) is 6.05. The largest absolute Gasteiger partial charge is 0.419 e. The molecule has 3 rings (SSSR count). The Hall–Kier alpha value is -2.21. The van der Waals surface area contributed by atoms with Crippen LogP contribution >= 0.6 is 15.9 Å². The van der Waals surface area contributed by atoms with Crippen molar-refractivity contribution in [3.63, 3.8) is 0 Å². The third-order valence-electron chi connectivity index (χ3n) is 2.87. The van der Waals surface area contributed by atoms with Crippen LogP contribution in [0.2, 0.25) is 0 Å². The van der Waals surface area contributed by atoms with E-state index >= 15 is 0 Å². The molecule has 1 heterocycles. The normalized spacial score (nSPS) is 10.6. The average molecular weight is 348 g/mol. The van der Waals surface area contributed by atoms with Gasteiger partial charge in [0, 0.05) is 10.0 Å². The molecule has 0 unspecified atom stereocenters. The van der Waals surface area contributed by atoms with Crippen molar-refractivity contribution in [2.45, 2.75) is 6.54 Å². The number of anilines is 1. The summed E-state index contributed by atoms with van der Waals surface area (Å²) in [6.45, 7) is 0.249. The zero-order chi connectivity index (χ0) is 14.7. The Labute approximate surface area is 129 Å². The Balaban J connectivity index is 1.74. The van der Waals surface area contributed by atoms with Gasteiger partial charge in [0.05, 0.1) is 12.2 Å². The van der Waals surface area contributed by atoms with Gasteiger partial charge in [0.15, 0.2) is 0 Å². The number of hydrogen-bond acceptors (Lipinski definition) is 4. The van der Waals surface area contributed by atoms with Crippen molar-refractivity contribution in [2.75, 3.05) is 5.32 Å². The quantitative estimate of drug-likeness (QED) is 0.766. The van der Waals surface area contributed by atoms with Crippen LogP contribution in [0.4, 0.5) is 10.1 Å². The SMILES string of the molecule is Fc1cccc(Br)c1NCc1nnc(-c2ccccc2)o1. The van der Waals surface area contributed by atoms with Crippen molar-refractivity contribution in [3.05, 3.63) is 64.7 Å². The lowest BCUT2D eigenvalue weighted by atomic mass is 10.2. The van der Waals surface area contributed by atoms with Crippen LogP contribution < -0.4 is 5.32 Å². The minimum atomic E-state index is -0.341. The molecule has 0 aliphatic carbocycles. The summed E-state index contributed by atoms with van der Waals surface area (Å²) in [7, 11) is 0. The fourth-order valence-electron chi connectivity index (χ4n) is 1.85. The lowest BCUT2D eigenvalue weighted by Gasteiger charge is -2.06. The Morgan fingerprint density at radius 2 is 1.86 bits per heavy atom. The maximum atomic E-state index is 13.7. The summed E-state index contributed by atoms with van der Waals surface area (Å²) in [4.78, 5) is 0. The molecule has 0 saturated carbocycles. The topological polar surface area (TPSA) is 51.0 Å². The van der Waals surface area contributed by atoms with Crippen LogP contribution in [0.3, 0.4) is 0 Å². The van der Waals surface area contributed by atoms with Crippen molar-refractivity contribution in [2.24, 2.45) is 0 Å². The molecule has 106 valence electrons. The van der Waals surface area contributed by atoms with Crippen LogP contribution in [0.1, 0.15) is 5.89 Å². The molecule has 0 aliphatic heterocycles. The zero-order valence-electron chi connectivity index (χ0n) is 10.9. The number of halogens is 2. The maximum Gasteiger partial charge on any atom is 0.247 e. The smallest absolute Gasteiger partial charge is 0.247 e.